The van der Waals surface area contributed by atoms with Crippen LogP contribution in [0.25, 0.3) is 0 Å². The minimum Gasteiger partial charge on any atom is -0.396 e. The summed E-state index contributed by atoms with van der Waals surface area (Å²) < 4.78 is 13.7. The molecular weight excluding hydrogens is 225 g/mol. The second kappa shape index (κ2) is 6.89. The summed E-state index contributed by atoms with van der Waals surface area (Å²) in [5.74, 6) is 0.559. The molecule has 16 heavy (non-hydrogen) atoms. The predicted octanol–water partition coefficient (Wildman–Crippen LogP) is 2.58. The Balaban J connectivity index is 2.85. The summed E-state index contributed by atoms with van der Waals surface area (Å²) in [5.41, 5.74) is 0.977. The van der Waals surface area contributed by atoms with Crippen LogP contribution in [0.15, 0.2) is 23.1 Å². The zero-order valence-electron chi connectivity index (χ0n) is 9.66. The molecule has 2 nitrogen and oxygen atoms in total. The van der Waals surface area contributed by atoms with Crippen molar-refractivity contribution in [3.63, 3.8) is 0 Å². The van der Waals surface area contributed by atoms with Gasteiger partial charge in [-0.2, -0.15) is 0 Å². The van der Waals surface area contributed by atoms with Crippen LogP contribution in [0.2, 0.25) is 0 Å². The molecule has 4 heteroatoms. The van der Waals surface area contributed by atoms with Gasteiger partial charge in [-0.3, -0.25) is 0 Å². The molecule has 0 heterocycles. The fourth-order valence-electron chi connectivity index (χ4n) is 1.41. The maximum absolute atomic E-state index is 13.7. The van der Waals surface area contributed by atoms with E-state index in [1.54, 1.807) is 6.07 Å². The Morgan fingerprint density at radius 2 is 2.25 bits per heavy atom. The highest BCUT2D eigenvalue weighted by molar-refractivity contribution is 7.99. The topological polar surface area (TPSA) is 32.3 Å². The molecule has 0 saturated heterocycles. The fourth-order valence-corrected chi connectivity index (χ4v) is 2.51. The second-order valence-corrected chi connectivity index (χ2v) is 4.70. The van der Waals surface area contributed by atoms with Gasteiger partial charge in [-0.1, -0.05) is 12.1 Å². The molecule has 0 amide bonds. The summed E-state index contributed by atoms with van der Waals surface area (Å²) in [4.78, 5) is 0.692. The summed E-state index contributed by atoms with van der Waals surface area (Å²) in [5, 5.41) is 11.8. The standard InChI is InChI=1S/C12H18FNOS/c1-9(14-2)10-5-3-6-11(13)12(10)16-8-4-7-15/h3,5-6,9,14-15H,4,7-8H2,1-2H3. The largest absolute Gasteiger partial charge is 0.396 e. The maximum Gasteiger partial charge on any atom is 0.137 e. The molecule has 0 fully saturated rings. The summed E-state index contributed by atoms with van der Waals surface area (Å²) >= 11 is 1.47. The van der Waals surface area contributed by atoms with E-state index in [0.29, 0.717) is 11.3 Å². The van der Waals surface area contributed by atoms with Crippen LogP contribution in [-0.4, -0.2) is 24.5 Å². The maximum atomic E-state index is 13.7. The van der Waals surface area contributed by atoms with Crippen molar-refractivity contribution in [2.75, 3.05) is 19.4 Å². The summed E-state index contributed by atoms with van der Waals surface area (Å²) in [7, 11) is 1.86. The molecule has 0 bridgehead atoms. The molecule has 0 aliphatic rings. The van der Waals surface area contributed by atoms with Gasteiger partial charge in [-0.15, -0.1) is 11.8 Å². The lowest BCUT2D eigenvalue weighted by Crippen LogP contribution is -2.13. The van der Waals surface area contributed by atoms with E-state index in [0.717, 1.165) is 11.3 Å². The minimum atomic E-state index is -0.178. The van der Waals surface area contributed by atoms with Crippen LogP contribution in [0.4, 0.5) is 4.39 Å². The molecule has 1 rings (SSSR count). The molecule has 0 radical (unpaired) electrons. The van der Waals surface area contributed by atoms with E-state index in [2.05, 4.69) is 5.32 Å². The molecule has 0 aliphatic carbocycles. The van der Waals surface area contributed by atoms with Crippen molar-refractivity contribution in [1.82, 2.24) is 5.32 Å². The Labute approximate surface area is 100 Å². The molecule has 2 N–H and O–H groups in total. The van der Waals surface area contributed by atoms with Gasteiger partial charge in [-0.25, -0.2) is 4.39 Å². The van der Waals surface area contributed by atoms with Gasteiger partial charge < -0.3 is 10.4 Å². The summed E-state index contributed by atoms with van der Waals surface area (Å²) in [6.07, 6.45) is 0.687. The van der Waals surface area contributed by atoms with Gasteiger partial charge in [-0.05, 0) is 32.0 Å². The van der Waals surface area contributed by atoms with Gasteiger partial charge in [0, 0.05) is 23.3 Å². The first kappa shape index (κ1) is 13.5. The molecule has 1 aromatic carbocycles. The molecular formula is C12H18FNOS. The van der Waals surface area contributed by atoms with Crippen molar-refractivity contribution in [2.24, 2.45) is 0 Å². The quantitative estimate of drug-likeness (QED) is 0.595. The van der Waals surface area contributed by atoms with Crippen molar-refractivity contribution in [2.45, 2.75) is 24.3 Å². The number of nitrogens with one attached hydrogen (secondary N) is 1. The van der Waals surface area contributed by atoms with Crippen LogP contribution in [0.3, 0.4) is 0 Å². The van der Waals surface area contributed by atoms with Gasteiger partial charge in [0.1, 0.15) is 5.82 Å². The van der Waals surface area contributed by atoms with Crippen LogP contribution in [0.1, 0.15) is 24.9 Å². The number of thioether (sulfide) groups is 1. The van der Waals surface area contributed by atoms with Crippen molar-refractivity contribution in [1.29, 1.82) is 0 Å². The number of hydrogen-bond acceptors (Lipinski definition) is 3. The van der Waals surface area contributed by atoms with Crippen LogP contribution < -0.4 is 5.32 Å². The van der Waals surface area contributed by atoms with E-state index >= 15 is 0 Å². The number of hydrogen-bond donors (Lipinski definition) is 2. The smallest absolute Gasteiger partial charge is 0.137 e. The van der Waals surface area contributed by atoms with Crippen LogP contribution >= 0.6 is 11.8 Å². The number of aliphatic hydroxyl groups is 1. The summed E-state index contributed by atoms with van der Waals surface area (Å²) in [6, 6.07) is 5.28. The average molecular weight is 243 g/mol. The third kappa shape index (κ3) is 3.47. The third-order valence-electron chi connectivity index (χ3n) is 2.45. The zero-order valence-corrected chi connectivity index (χ0v) is 10.5. The second-order valence-electron chi connectivity index (χ2n) is 3.59. The highest BCUT2D eigenvalue weighted by atomic mass is 32.2. The Bertz CT molecular complexity index is 333. The SMILES string of the molecule is CNC(C)c1cccc(F)c1SCCCO. The van der Waals surface area contributed by atoms with E-state index < -0.39 is 0 Å². The van der Waals surface area contributed by atoms with Crippen LogP contribution in [-0.2, 0) is 0 Å². The molecule has 90 valence electrons. The highest BCUT2D eigenvalue weighted by Gasteiger charge is 2.12. The lowest BCUT2D eigenvalue weighted by molar-refractivity contribution is 0.296. The first-order valence-corrected chi connectivity index (χ1v) is 6.38. The van der Waals surface area contributed by atoms with Gasteiger partial charge >= 0.3 is 0 Å². The Kier molecular flexibility index (Phi) is 5.80. The van der Waals surface area contributed by atoms with E-state index in [1.165, 1.54) is 17.8 Å². The lowest BCUT2D eigenvalue weighted by Gasteiger charge is -2.15. The van der Waals surface area contributed by atoms with Crippen molar-refractivity contribution in [3.05, 3.63) is 29.6 Å². The van der Waals surface area contributed by atoms with Gasteiger partial charge in [0.15, 0.2) is 0 Å². The van der Waals surface area contributed by atoms with Gasteiger partial charge in [0.25, 0.3) is 0 Å². The van der Waals surface area contributed by atoms with Crippen LogP contribution in [0.5, 0.6) is 0 Å². The van der Waals surface area contributed by atoms with Crippen molar-refractivity contribution in [3.8, 4) is 0 Å². The molecule has 0 aromatic heterocycles. The highest BCUT2D eigenvalue weighted by Crippen LogP contribution is 2.30. The van der Waals surface area contributed by atoms with Crippen molar-refractivity contribution < 1.29 is 9.50 Å². The Hall–Kier alpha value is -0.580. The molecule has 0 spiro atoms. The lowest BCUT2D eigenvalue weighted by atomic mass is 10.1. The molecule has 1 atom stereocenters. The first-order chi connectivity index (χ1) is 7.70. The minimum absolute atomic E-state index is 0.132. The fraction of sp³-hybridized carbons (Fsp3) is 0.500. The van der Waals surface area contributed by atoms with Crippen molar-refractivity contribution >= 4 is 11.8 Å². The zero-order chi connectivity index (χ0) is 12.0. The molecule has 1 aromatic rings. The van der Waals surface area contributed by atoms with Crippen LogP contribution in [0, 0.1) is 5.82 Å². The molecule has 1 unspecified atom stereocenters. The van der Waals surface area contributed by atoms with Gasteiger partial charge in [0.05, 0.1) is 0 Å². The summed E-state index contributed by atoms with van der Waals surface area (Å²) in [6.45, 7) is 2.16. The van der Waals surface area contributed by atoms with E-state index in [-0.39, 0.29) is 18.5 Å². The van der Waals surface area contributed by atoms with E-state index in [1.807, 2.05) is 20.0 Å². The number of benzene rings is 1. The third-order valence-corrected chi connectivity index (χ3v) is 3.66. The molecule has 0 aliphatic heterocycles. The Morgan fingerprint density at radius 1 is 1.50 bits per heavy atom. The van der Waals surface area contributed by atoms with E-state index in [9.17, 15) is 4.39 Å². The van der Waals surface area contributed by atoms with Gasteiger partial charge in [0.2, 0.25) is 0 Å². The predicted molar refractivity (Wildman–Crippen MR) is 66.3 cm³/mol. The number of rotatable bonds is 6. The van der Waals surface area contributed by atoms with E-state index in [4.69, 9.17) is 5.11 Å². The normalized spacial score (nSPS) is 12.8. The number of aliphatic hydroxyl groups excluding tert-OH is 1. The average Bonchev–Trinajstić information content (AvgIpc) is 2.30. The Morgan fingerprint density at radius 3 is 2.88 bits per heavy atom. The molecule has 0 saturated carbocycles. The monoisotopic (exact) mass is 243 g/mol. The number of halogens is 1. The first-order valence-electron chi connectivity index (χ1n) is 5.40.